The summed E-state index contributed by atoms with van der Waals surface area (Å²) in [6, 6.07) is 1.19. The Morgan fingerprint density at radius 1 is 1.20 bits per heavy atom. The molecule has 0 spiro atoms. The van der Waals surface area contributed by atoms with Crippen LogP contribution in [-0.2, 0) is 0 Å². The highest BCUT2D eigenvalue weighted by Gasteiger charge is 2.34. The molecule has 0 bridgehead atoms. The Bertz CT molecular complexity index is 438. The molecule has 0 aliphatic heterocycles. The Hall–Kier alpha value is -1.03. The maximum absolute atomic E-state index is 14.0. The summed E-state index contributed by atoms with van der Waals surface area (Å²) >= 11 is 0. The standard InChI is InChI=1S/C16H22F3N/c1-3-7-20-16(12-6-4-5-10(12)2)15-13(18)8-11(17)9-14(15)19/h8-10,12,16,20H,3-7H2,1-2H3. The highest BCUT2D eigenvalue weighted by atomic mass is 19.1. The molecule has 1 N–H and O–H groups in total. The Morgan fingerprint density at radius 2 is 1.85 bits per heavy atom. The van der Waals surface area contributed by atoms with E-state index in [4.69, 9.17) is 0 Å². The highest BCUT2D eigenvalue weighted by Crippen LogP contribution is 2.41. The molecule has 0 amide bonds. The maximum Gasteiger partial charge on any atom is 0.133 e. The second-order valence-corrected chi connectivity index (χ2v) is 5.79. The molecule has 1 aromatic rings. The molecule has 0 heterocycles. The van der Waals surface area contributed by atoms with Gasteiger partial charge >= 0.3 is 0 Å². The first-order valence-electron chi connectivity index (χ1n) is 7.42. The number of hydrogen-bond acceptors (Lipinski definition) is 1. The van der Waals surface area contributed by atoms with E-state index in [0.29, 0.717) is 12.5 Å². The molecule has 1 fully saturated rings. The van der Waals surface area contributed by atoms with E-state index in [9.17, 15) is 13.2 Å². The van der Waals surface area contributed by atoms with E-state index in [1.54, 1.807) is 0 Å². The largest absolute Gasteiger partial charge is 0.310 e. The Labute approximate surface area is 118 Å². The van der Waals surface area contributed by atoms with Crippen molar-refractivity contribution in [3.63, 3.8) is 0 Å². The smallest absolute Gasteiger partial charge is 0.133 e. The van der Waals surface area contributed by atoms with Crippen molar-refractivity contribution in [2.24, 2.45) is 11.8 Å². The minimum absolute atomic E-state index is 0.00130. The van der Waals surface area contributed by atoms with Crippen molar-refractivity contribution in [1.82, 2.24) is 5.32 Å². The summed E-state index contributed by atoms with van der Waals surface area (Å²) in [7, 11) is 0. The van der Waals surface area contributed by atoms with Crippen molar-refractivity contribution in [2.45, 2.75) is 45.6 Å². The summed E-state index contributed by atoms with van der Waals surface area (Å²) in [5.74, 6) is -1.80. The van der Waals surface area contributed by atoms with Crippen LogP contribution in [0.15, 0.2) is 12.1 Å². The van der Waals surface area contributed by atoms with Crippen molar-refractivity contribution in [1.29, 1.82) is 0 Å². The monoisotopic (exact) mass is 285 g/mol. The van der Waals surface area contributed by atoms with Crippen LogP contribution in [0.5, 0.6) is 0 Å². The van der Waals surface area contributed by atoms with Gasteiger partial charge in [-0.3, -0.25) is 0 Å². The van der Waals surface area contributed by atoms with Crippen LogP contribution in [0.4, 0.5) is 13.2 Å². The fourth-order valence-corrected chi connectivity index (χ4v) is 3.29. The molecule has 112 valence electrons. The van der Waals surface area contributed by atoms with E-state index in [2.05, 4.69) is 12.2 Å². The summed E-state index contributed by atoms with van der Waals surface area (Å²) < 4.78 is 41.2. The molecule has 1 aromatic carbocycles. The average molecular weight is 285 g/mol. The summed E-state index contributed by atoms with van der Waals surface area (Å²) in [4.78, 5) is 0. The molecule has 1 aliphatic rings. The minimum Gasteiger partial charge on any atom is -0.310 e. The first-order valence-corrected chi connectivity index (χ1v) is 7.42. The molecule has 1 saturated carbocycles. The Balaban J connectivity index is 2.35. The van der Waals surface area contributed by atoms with E-state index >= 15 is 0 Å². The molecular weight excluding hydrogens is 263 g/mol. The molecular formula is C16H22F3N. The molecule has 20 heavy (non-hydrogen) atoms. The van der Waals surface area contributed by atoms with Gasteiger partial charge in [0.25, 0.3) is 0 Å². The summed E-state index contributed by atoms with van der Waals surface area (Å²) in [5.41, 5.74) is -0.00130. The van der Waals surface area contributed by atoms with Gasteiger partial charge in [-0.25, -0.2) is 13.2 Å². The Kier molecular flexibility index (Phi) is 5.08. The summed E-state index contributed by atoms with van der Waals surface area (Å²) in [6.07, 6.45) is 4.01. The van der Waals surface area contributed by atoms with E-state index < -0.39 is 17.5 Å². The van der Waals surface area contributed by atoms with Crippen LogP contribution >= 0.6 is 0 Å². The molecule has 4 heteroatoms. The summed E-state index contributed by atoms with van der Waals surface area (Å²) in [5, 5.41) is 3.26. The molecule has 1 nitrogen and oxygen atoms in total. The lowest BCUT2D eigenvalue weighted by atomic mass is 9.85. The maximum atomic E-state index is 14.0. The quantitative estimate of drug-likeness (QED) is 0.835. The third kappa shape index (κ3) is 3.17. The topological polar surface area (TPSA) is 12.0 Å². The third-order valence-corrected chi connectivity index (χ3v) is 4.33. The predicted octanol–water partition coefficient (Wildman–Crippen LogP) is 4.58. The zero-order valence-electron chi connectivity index (χ0n) is 12.1. The van der Waals surface area contributed by atoms with Gasteiger partial charge in [-0.2, -0.15) is 0 Å². The van der Waals surface area contributed by atoms with Crippen molar-refractivity contribution >= 4 is 0 Å². The van der Waals surface area contributed by atoms with Crippen molar-refractivity contribution < 1.29 is 13.2 Å². The van der Waals surface area contributed by atoms with Gasteiger partial charge in [0, 0.05) is 23.7 Å². The number of benzene rings is 1. The van der Waals surface area contributed by atoms with E-state index in [0.717, 1.165) is 37.8 Å². The number of nitrogens with one attached hydrogen (secondary N) is 1. The zero-order chi connectivity index (χ0) is 14.7. The number of rotatable bonds is 5. The summed E-state index contributed by atoms with van der Waals surface area (Å²) in [6.45, 7) is 4.83. The van der Waals surface area contributed by atoms with Crippen LogP contribution in [0.2, 0.25) is 0 Å². The molecule has 3 unspecified atom stereocenters. The lowest BCUT2D eigenvalue weighted by Gasteiger charge is -2.29. The molecule has 1 aliphatic carbocycles. The van der Waals surface area contributed by atoms with Gasteiger partial charge in [0.15, 0.2) is 0 Å². The molecule has 0 aromatic heterocycles. The van der Waals surface area contributed by atoms with Crippen molar-refractivity contribution in [3.05, 3.63) is 35.1 Å². The first kappa shape index (κ1) is 15.4. The molecule has 2 rings (SSSR count). The van der Waals surface area contributed by atoms with Crippen LogP contribution < -0.4 is 5.32 Å². The first-order chi connectivity index (χ1) is 9.54. The second-order valence-electron chi connectivity index (χ2n) is 5.79. The van der Waals surface area contributed by atoms with Gasteiger partial charge in [0.2, 0.25) is 0 Å². The number of halogens is 3. The van der Waals surface area contributed by atoms with Crippen LogP contribution in [0.25, 0.3) is 0 Å². The fourth-order valence-electron chi connectivity index (χ4n) is 3.29. The minimum atomic E-state index is -0.863. The van der Waals surface area contributed by atoms with Crippen molar-refractivity contribution in [3.8, 4) is 0 Å². The normalized spacial score (nSPS) is 24.1. The van der Waals surface area contributed by atoms with E-state index in [1.807, 2.05) is 6.92 Å². The molecule has 0 radical (unpaired) electrons. The highest BCUT2D eigenvalue weighted by molar-refractivity contribution is 5.25. The van der Waals surface area contributed by atoms with Crippen LogP contribution in [-0.4, -0.2) is 6.54 Å². The van der Waals surface area contributed by atoms with Gasteiger partial charge in [-0.1, -0.05) is 26.7 Å². The van der Waals surface area contributed by atoms with Gasteiger partial charge in [0.05, 0.1) is 0 Å². The van der Waals surface area contributed by atoms with Gasteiger partial charge in [-0.15, -0.1) is 0 Å². The fraction of sp³-hybridized carbons (Fsp3) is 0.625. The van der Waals surface area contributed by atoms with Crippen LogP contribution in [0, 0.1) is 29.3 Å². The van der Waals surface area contributed by atoms with Gasteiger partial charge in [-0.05, 0) is 31.2 Å². The second kappa shape index (κ2) is 6.61. The van der Waals surface area contributed by atoms with Gasteiger partial charge < -0.3 is 5.32 Å². The lowest BCUT2D eigenvalue weighted by molar-refractivity contribution is 0.287. The molecule has 3 atom stereocenters. The zero-order valence-corrected chi connectivity index (χ0v) is 12.1. The van der Waals surface area contributed by atoms with Crippen molar-refractivity contribution in [2.75, 3.05) is 6.54 Å². The SMILES string of the molecule is CCCNC(c1c(F)cc(F)cc1F)C1CCCC1C. The average Bonchev–Trinajstić information content (AvgIpc) is 2.78. The molecule has 0 saturated heterocycles. The van der Waals surface area contributed by atoms with E-state index in [1.165, 1.54) is 0 Å². The number of hydrogen-bond donors (Lipinski definition) is 1. The Morgan fingerprint density at radius 3 is 2.35 bits per heavy atom. The third-order valence-electron chi connectivity index (χ3n) is 4.33. The van der Waals surface area contributed by atoms with Gasteiger partial charge in [0.1, 0.15) is 17.5 Å². The van der Waals surface area contributed by atoms with Crippen LogP contribution in [0.1, 0.15) is 51.1 Å². The lowest BCUT2D eigenvalue weighted by Crippen LogP contribution is -2.32. The predicted molar refractivity (Wildman–Crippen MR) is 73.9 cm³/mol. The van der Waals surface area contributed by atoms with E-state index in [-0.39, 0.29) is 17.5 Å². The van der Waals surface area contributed by atoms with Crippen LogP contribution in [0.3, 0.4) is 0 Å².